The molecule has 0 spiro atoms. The van der Waals surface area contributed by atoms with Gasteiger partial charge in [-0.2, -0.15) is 0 Å². The minimum Gasteiger partial charge on any atom is -0.394 e. The molecule has 1 aromatic rings. The second kappa shape index (κ2) is 8.38. The molecule has 0 saturated carbocycles. The standard InChI is InChI=1S/C16H24O6/c1-2-6-13(19)16(22,9-11-7-4-3-5-8-11)15(21)14(20)12(18)10-17/h2-5,7-8,12-15,17-22H,1,6,9-10H2/t12-,13?,14-,15+,16+/m1/s1. The minimum atomic E-state index is -2.11. The number of aliphatic hydroxyl groups excluding tert-OH is 5. The monoisotopic (exact) mass is 312 g/mol. The Kier molecular flexibility index (Phi) is 7.15. The van der Waals surface area contributed by atoms with E-state index < -0.39 is 36.6 Å². The first-order chi connectivity index (χ1) is 10.4. The lowest BCUT2D eigenvalue weighted by Crippen LogP contribution is -2.60. The van der Waals surface area contributed by atoms with E-state index in [1.165, 1.54) is 6.08 Å². The molecule has 0 radical (unpaired) electrons. The number of rotatable bonds is 9. The molecule has 1 unspecified atom stereocenters. The van der Waals surface area contributed by atoms with Gasteiger partial charge in [0.2, 0.25) is 0 Å². The van der Waals surface area contributed by atoms with Gasteiger partial charge in [-0.05, 0) is 12.0 Å². The number of aliphatic hydroxyl groups is 6. The highest BCUT2D eigenvalue weighted by molar-refractivity contribution is 5.19. The quantitative estimate of drug-likeness (QED) is 0.324. The summed E-state index contributed by atoms with van der Waals surface area (Å²) in [5, 5.41) is 59.3. The van der Waals surface area contributed by atoms with Gasteiger partial charge < -0.3 is 30.6 Å². The van der Waals surface area contributed by atoms with E-state index in [-0.39, 0.29) is 12.8 Å². The summed E-state index contributed by atoms with van der Waals surface area (Å²) in [5.74, 6) is 0. The summed E-state index contributed by atoms with van der Waals surface area (Å²) in [6.45, 7) is 2.69. The fraction of sp³-hybridized carbons (Fsp3) is 0.500. The zero-order chi connectivity index (χ0) is 16.8. The molecule has 0 saturated heterocycles. The summed E-state index contributed by atoms with van der Waals surface area (Å²) in [7, 11) is 0. The van der Waals surface area contributed by atoms with Crippen LogP contribution >= 0.6 is 0 Å². The van der Waals surface area contributed by atoms with Crippen molar-refractivity contribution in [3.05, 3.63) is 48.6 Å². The topological polar surface area (TPSA) is 121 Å². The van der Waals surface area contributed by atoms with Gasteiger partial charge in [-0.1, -0.05) is 36.4 Å². The predicted octanol–water partition coefficient (Wildman–Crippen LogP) is -1.03. The number of benzene rings is 1. The summed E-state index contributed by atoms with van der Waals surface area (Å²) >= 11 is 0. The lowest BCUT2D eigenvalue weighted by atomic mass is 9.79. The molecule has 6 N–H and O–H groups in total. The third kappa shape index (κ3) is 4.36. The highest BCUT2D eigenvalue weighted by Crippen LogP contribution is 2.27. The van der Waals surface area contributed by atoms with Gasteiger partial charge in [0.05, 0.1) is 12.7 Å². The Morgan fingerprint density at radius 1 is 1.09 bits per heavy atom. The van der Waals surface area contributed by atoms with Crippen LogP contribution < -0.4 is 0 Å². The fourth-order valence-corrected chi connectivity index (χ4v) is 2.32. The van der Waals surface area contributed by atoms with Gasteiger partial charge in [-0.25, -0.2) is 0 Å². The van der Waals surface area contributed by atoms with Crippen LogP contribution in [-0.4, -0.2) is 67.3 Å². The van der Waals surface area contributed by atoms with E-state index in [0.29, 0.717) is 5.56 Å². The largest absolute Gasteiger partial charge is 0.394 e. The van der Waals surface area contributed by atoms with Crippen LogP contribution in [0.15, 0.2) is 43.0 Å². The molecule has 0 aliphatic heterocycles. The Labute approximate surface area is 129 Å². The van der Waals surface area contributed by atoms with E-state index in [9.17, 15) is 25.5 Å². The maximum absolute atomic E-state index is 10.7. The maximum Gasteiger partial charge on any atom is 0.123 e. The van der Waals surface area contributed by atoms with Crippen molar-refractivity contribution in [1.82, 2.24) is 0 Å². The third-order valence-corrected chi connectivity index (χ3v) is 3.71. The van der Waals surface area contributed by atoms with E-state index in [2.05, 4.69) is 6.58 Å². The van der Waals surface area contributed by atoms with Gasteiger partial charge in [0.1, 0.15) is 23.9 Å². The smallest absolute Gasteiger partial charge is 0.123 e. The maximum atomic E-state index is 10.7. The average molecular weight is 312 g/mol. The molecule has 0 aliphatic carbocycles. The Morgan fingerprint density at radius 3 is 2.18 bits per heavy atom. The molecule has 124 valence electrons. The van der Waals surface area contributed by atoms with E-state index in [1.807, 2.05) is 0 Å². The van der Waals surface area contributed by atoms with Crippen molar-refractivity contribution in [2.75, 3.05) is 6.61 Å². The Bertz CT molecular complexity index is 451. The molecule has 1 rings (SSSR count). The SMILES string of the molecule is C=CCC(O)[C@@](O)(Cc1ccccc1)[C@@H](O)[C@H](O)[C@H](O)CO. The van der Waals surface area contributed by atoms with Gasteiger partial charge in [0, 0.05) is 6.42 Å². The van der Waals surface area contributed by atoms with E-state index >= 15 is 0 Å². The van der Waals surface area contributed by atoms with Crippen molar-refractivity contribution in [2.45, 2.75) is 42.9 Å². The number of hydrogen-bond donors (Lipinski definition) is 6. The molecule has 1 aromatic carbocycles. The van der Waals surface area contributed by atoms with Gasteiger partial charge in [0.25, 0.3) is 0 Å². The van der Waals surface area contributed by atoms with Crippen molar-refractivity contribution >= 4 is 0 Å². The molecular weight excluding hydrogens is 288 g/mol. The Hall–Kier alpha value is -1.28. The van der Waals surface area contributed by atoms with Gasteiger partial charge in [-0.15, -0.1) is 6.58 Å². The minimum absolute atomic E-state index is 0.0116. The summed E-state index contributed by atoms with van der Waals surface area (Å²) < 4.78 is 0. The van der Waals surface area contributed by atoms with Crippen molar-refractivity contribution in [2.24, 2.45) is 0 Å². The first-order valence-electron chi connectivity index (χ1n) is 7.07. The molecule has 0 amide bonds. The number of hydrogen-bond acceptors (Lipinski definition) is 6. The van der Waals surface area contributed by atoms with Crippen LogP contribution in [0.4, 0.5) is 0 Å². The Balaban J connectivity index is 3.07. The Morgan fingerprint density at radius 2 is 1.68 bits per heavy atom. The lowest BCUT2D eigenvalue weighted by molar-refractivity contribution is -0.195. The second-order valence-corrected chi connectivity index (χ2v) is 5.38. The summed E-state index contributed by atoms with van der Waals surface area (Å²) in [4.78, 5) is 0. The molecule has 22 heavy (non-hydrogen) atoms. The molecule has 5 atom stereocenters. The molecule has 0 aliphatic rings. The van der Waals surface area contributed by atoms with Crippen LogP contribution in [0.2, 0.25) is 0 Å². The molecule has 6 heteroatoms. The van der Waals surface area contributed by atoms with E-state index in [0.717, 1.165) is 0 Å². The normalized spacial score (nSPS) is 19.7. The van der Waals surface area contributed by atoms with E-state index in [4.69, 9.17) is 5.11 Å². The molecule has 0 bridgehead atoms. The summed E-state index contributed by atoms with van der Waals surface area (Å²) in [6, 6.07) is 8.66. The zero-order valence-corrected chi connectivity index (χ0v) is 12.3. The third-order valence-electron chi connectivity index (χ3n) is 3.71. The zero-order valence-electron chi connectivity index (χ0n) is 12.3. The first kappa shape index (κ1) is 18.8. The van der Waals surface area contributed by atoms with Crippen molar-refractivity contribution in [1.29, 1.82) is 0 Å². The van der Waals surface area contributed by atoms with Crippen LogP contribution in [0.5, 0.6) is 0 Å². The van der Waals surface area contributed by atoms with Gasteiger partial charge >= 0.3 is 0 Å². The summed E-state index contributed by atoms with van der Waals surface area (Å²) in [6.07, 6.45) is -5.47. The highest BCUT2D eigenvalue weighted by Gasteiger charge is 2.47. The molecule has 0 fully saturated rings. The van der Waals surface area contributed by atoms with Gasteiger partial charge in [0.15, 0.2) is 0 Å². The van der Waals surface area contributed by atoms with Crippen LogP contribution in [0.1, 0.15) is 12.0 Å². The van der Waals surface area contributed by atoms with Crippen LogP contribution in [0.25, 0.3) is 0 Å². The molecule has 0 heterocycles. The van der Waals surface area contributed by atoms with Crippen molar-refractivity contribution in [3.63, 3.8) is 0 Å². The van der Waals surface area contributed by atoms with Gasteiger partial charge in [-0.3, -0.25) is 0 Å². The fourth-order valence-electron chi connectivity index (χ4n) is 2.32. The average Bonchev–Trinajstić information content (AvgIpc) is 2.53. The van der Waals surface area contributed by atoms with E-state index in [1.54, 1.807) is 30.3 Å². The van der Waals surface area contributed by atoms with Crippen LogP contribution in [-0.2, 0) is 6.42 Å². The van der Waals surface area contributed by atoms with Crippen molar-refractivity contribution < 1.29 is 30.6 Å². The van der Waals surface area contributed by atoms with Crippen molar-refractivity contribution in [3.8, 4) is 0 Å². The van der Waals surface area contributed by atoms with Crippen LogP contribution in [0, 0.1) is 0 Å². The second-order valence-electron chi connectivity index (χ2n) is 5.38. The lowest BCUT2D eigenvalue weighted by Gasteiger charge is -2.40. The predicted molar refractivity (Wildman–Crippen MR) is 81.0 cm³/mol. The summed E-state index contributed by atoms with van der Waals surface area (Å²) in [5.41, 5.74) is -1.47. The highest BCUT2D eigenvalue weighted by atomic mass is 16.4. The first-order valence-corrected chi connectivity index (χ1v) is 7.07. The molecular formula is C16H24O6. The molecule has 6 nitrogen and oxygen atoms in total. The molecule has 0 aromatic heterocycles. The van der Waals surface area contributed by atoms with Crippen LogP contribution in [0.3, 0.4) is 0 Å².